The molecule has 1 amide bonds. The summed E-state index contributed by atoms with van der Waals surface area (Å²) in [6, 6.07) is 14.7. The van der Waals surface area contributed by atoms with E-state index in [1.165, 1.54) is 25.4 Å². The maximum absolute atomic E-state index is 12.8. The number of aromatic nitrogens is 1. The number of ether oxygens (including phenoxy) is 1. The van der Waals surface area contributed by atoms with E-state index < -0.39 is 15.9 Å². The number of carbonyl (C=O) groups is 1. The van der Waals surface area contributed by atoms with Gasteiger partial charge in [-0.05, 0) is 74.5 Å². The quantitative estimate of drug-likeness (QED) is 0.610. The number of nitriles is 1. The molecule has 0 aliphatic heterocycles. The Labute approximate surface area is 180 Å². The fraction of sp³-hybridized carbons (Fsp3) is 0.136. The molecule has 158 valence electrons. The number of hydrogen-bond acceptors (Lipinski definition) is 6. The molecule has 0 atom stereocenters. The summed E-state index contributed by atoms with van der Waals surface area (Å²) in [7, 11) is -2.36. The third kappa shape index (κ3) is 4.88. The Bertz CT molecular complexity index is 1300. The molecule has 0 aliphatic carbocycles. The number of anilines is 1. The van der Waals surface area contributed by atoms with E-state index in [0.717, 1.165) is 5.56 Å². The molecule has 0 unspecified atom stereocenters. The summed E-state index contributed by atoms with van der Waals surface area (Å²) in [5, 5.41) is 12.0. The Kier molecular flexibility index (Phi) is 6.34. The van der Waals surface area contributed by atoms with E-state index in [9.17, 15) is 13.2 Å². The summed E-state index contributed by atoms with van der Waals surface area (Å²) in [5.41, 5.74) is 2.47. The zero-order valence-electron chi connectivity index (χ0n) is 17.1. The average Bonchev–Trinajstić information content (AvgIpc) is 2.76. The number of rotatable bonds is 6. The highest BCUT2D eigenvalue weighted by molar-refractivity contribution is 7.89. The van der Waals surface area contributed by atoms with E-state index in [-0.39, 0.29) is 16.3 Å². The summed E-state index contributed by atoms with van der Waals surface area (Å²) in [6.45, 7) is 3.52. The fourth-order valence-electron chi connectivity index (χ4n) is 2.83. The Morgan fingerprint density at radius 3 is 2.55 bits per heavy atom. The van der Waals surface area contributed by atoms with Crippen molar-refractivity contribution in [1.82, 2.24) is 9.71 Å². The lowest BCUT2D eigenvalue weighted by atomic mass is 10.1. The van der Waals surface area contributed by atoms with Crippen molar-refractivity contribution in [1.29, 1.82) is 5.26 Å². The lowest BCUT2D eigenvalue weighted by Gasteiger charge is -2.13. The van der Waals surface area contributed by atoms with E-state index in [1.54, 1.807) is 50.2 Å². The molecule has 31 heavy (non-hydrogen) atoms. The molecule has 3 aromatic rings. The molecule has 0 saturated carbocycles. The van der Waals surface area contributed by atoms with Crippen molar-refractivity contribution in [3.63, 3.8) is 0 Å². The van der Waals surface area contributed by atoms with Gasteiger partial charge in [0, 0.05) is 17.4 Å². The predicted molar refractivity (Wildman–Crippen MR) is 116 cm³/mol. The normalized spacial score (nSPS) is 10.9. The van der Waals surface area contributed by atoms with Crippen molar-refractivity contribution in [3.05, 3.63) is 77.0 Å². The van der Waals surface area contributed by atoms with Gasteiger partial charge < -0.3 is 10.1 Å². The monoisotopic (exact) mass is 436 g/mol. The van der Waals surface area contributed by atoms with Crippen LogP contribution in [0.25, 0.3) is 0 Å². The molecule has 0 saturated heterocycles. The number of pyridine rings is 1. The Hall–Kier alpha value is -3.74. The minimum absolute atomic E-state index is 0.00915. The minimum Gasteiger partial charge on any atom is -0.438 e. The standard InChI is InChI=1S/C22H20N4O4S/c1-14-6-8-18(31(28,29)24-3)12-19(14)21(27)26-20-9-7-17(11-15(20)2)30-22-16(13-23)5-4-10-25-22/h4-12,24H,1-3H3,(H,26,27). The molecular formula is C22H20N4O4S. The Morgan fingerprint density at radius 2 is 1.87 bits per heavy atom. The van der Waals surface area contributed by atoms with Gasteiger partial charge in [0.05, 0.1) is 4.90 Å². The maximum Gasteiger partial charge on any atom is 0.255 e. The molecule has 1 aromatic heterocycles. The number of hydrogen-bond donors (Lipinski definition) is 2. The lowest BCUT2D eigenvalue weighted by Crippen LogP contribution is -2.20. The summed E-state index contributed by atoms with van der Waals surface area (Å²) < 4.78 is 32.0. The van der Waals surface area contributed by atoms with Crippen LogP contribution in [0.4, 0.5) is 5.69 Å². The van der Waals surface area contributed by atoms with Crippen molar-refractivity contribution < 1.29 is 17.9 Å². The van der Waals surface area contributed by atoms with E-state index in [1.807, 2.05) is 6.07 Å². The van der Waals surface area contributed by atoms with Gasteiger partial charge >= 0.3 is 0 Å². The minimum atomic E-state index is -3.67. The number of sulfonamides is 1. The van der Waals surface area contributed by atoms with E-state index in [0.29, 0.717) is 22.6 Å². The molecule has 0 radical (unpaired) electrons. The van der Waals surface area contributed by atoms with Crippen LogP contribution in [0, 0.1) is 25.2 Å². The van der Waals surface area contributed by atoms with Crippen LogP contribution >= 0.6 is 0 Å². The number of amides is 1. The van der Waals surface area contributed by atoms with Crippen LogP contribution in [0.3, 0.4) is 0 Å². The van der Waals surface area contributed by atoms with Gasteiger partial charge in [-0.1, -0.05) is 6.07 Å². The zero-order chi connectivity index (χ0) is 22.6. The van der Waals surface area contributed by atoms with Crippen molar-refractivity contribution >= 4 is 21.6 Å². The first kappa shape index (κ1) is 22.0. The molecule has 0 fully saturated rings. The maximum atomic E-state index is 12.8. The molecule has 3 rings (SSSR count). The molecule has 0 bridgehead atoms. The van der Waals surface area contributed by atoms with Crippen LogP contribution < -0.4 is 14.8 Å². The van der Waals surface area contributed by atoms with Crippen LogP contribution in [0.1, 0.15) is 27.0 Å². The molecular weight excluding hydrogens is 416 g/mol. The SMILES string of the molecule is CNS(=O)(=O)c1ccc(C)c(C(=O)Nc2ccc(Oc3ncccc3C#N)cc2C)c1. The number of aryl methyl sites for hydroxylation is 2. The van der Waals surface area contributed by atoms with Gasteiger partial charge in [0.15, 0.2) is 0 Å². The number of nitrogens with zero attached hydrogens (tertiary/aromatic N) is 2. The van der Waals surface area contributed by atoms with E-state index in [2.05, 4.69) is 15.0 Å². The topological polar surface area (TPSA) is 121 Å². The summed E-state index contributed by atoms with van der Waals surface area (Å²) in [5.74, 6) is 0.224. The highest BCUT2D eigenvalue weighted by Gasteiger charge is 2.17. The fourth-order valence-corrected chi connectivity index (χ4v) is 3.59. The van der Waals surface area contributed by atoms with Crippen molar-refractivity contribution in [3.8, 4) is 17.7 Å². The first-order chi connectivity index (χ1) is 14.7. The summed E-state index contributed by atoms with van der Waals surface area (Å²) in [6.07, 6.45) is 1.53. The Morgan fingerprint density at radius 1 is 1.10 bits per heavy atom. The van der Waals surface area contributed by atoms with E-state index >= 15 is 0 Å². The van der Waals surface area contributed by atoms with Gasteiger partial charge in [0.25, 0.3) is 5.91 Å². The third-order valence-electron chi connectivity index (χ3n) is 4.58. The zero-order valence-corrected chi connectivity index (χ0v) is 17.9. The van der Waals surface area contributed by atoms with Crippen LogP contribution in [-0.4, -0.2) is 26.4 Å². The second kappa shape index (κ2) is 8.95. The van der Waals surface area contributed by atoms with Gasteiger partial charge in [-0.25, -0.2) is 18.1 Å². The van der Waals surface area contributed by atoms with E-state index in [4.69, 9.17) is 10.00 Å². The molecule has 0 aliphatic rings. The van der Waals surface area contributed by atoms with Crippen molar-refractivity contribution in [2.45, 2.75) is 18.7 Å². The largest absolute Gasteiger partial charge is 0.438 e. The molecule has 0 spiro atoms. The molecule has 9 heteroatoms. The summed E-state index contributed by atoms with van der Waals surface area (Å²) >= 11 is 0. The van der Waals surface area contributed by atoms with Gasteiger partial charge in [-0.3, -0.25) is 4.79 Å². The second-order valence-electron chi connectivity index (χ2n) is 6.69. The van der Waals surface area contributed by atoms with Crippen molar-refractivity contribution in [2.75, 3.05) is 12.4 Å². The Balaban J connectivity index is 1.83. The van der Waals surface area contributed by atoms with Crippen LogP contribution in [-0.2, 0) is 10.0 Å². The second-order valence-corrected chi connectivity index (χ2v) is 8.57. The molecule has 2 N–H and O–H groups in total. The average molecular weight is 436 g/mol. The predicted octanol–water partition coefficient (Wildman–Crippen LogP) is 3.52. The summed E-state index contributed by atoms with van der Waals surface area (Å²) in [4.78, 5) is 16.9. The van der Waals surface area contributed by atoms with Crippen LogP contribution in [0.5, 0.6) is 11.6 Å². The highest BCUT2D eigenvalue weighted by atomic mass is 32.2. The lowest BCUT2D eigenvalue weighted by molar-refractivity contribution is 0.102. The number of nitrogens with one attached hydrogen (secondary N) is 2. The first-order valence-electron chi connectivity index (χ1n) is 9.24. The smallest absolute Gasteiger partial charge is 0.255 e. The number of benzene rings is 2. The van der Waals surface area contributed by atoms with Gasteiger partial charge in [-0.2, -0.15) is 5.26 Å². The van der Waals surface area contributed by atoms with Gasteiger partial charge in [0.2, 0.25) is 15.9 Å². The molecule has 8 nitrogen and oxygen atoms in total. The van der Waals surface area contributed by atoms with Gasteiger partial charge in [-0.15, -0.1) is 0 Å². The van der Waals surface area contributed by atoms with Gasteiger partial charge in [0.1, 0.15) is 17.4 Å². The van der Waals surface area contributed by atoms with Crippen molar-refractivity contribution in [2.24, 2.45) is 0 Å². The first-order valence-corrected chi connectivity index (χ1v) is 10.7. The molecule has 1 heterocycles. The number of carbonyl (C=O) groups excluding carboxylic acids is 1. The highest BCUT2D eigenvalue weighted by Crippen LogP contribution is 2.27. The third-order valence-corrected chi connectivity index (χ3v) is 6.00. The van der Waals surface area contributed by atoms with Crippen LogP contribution in [0.2, 0.25) is 0 Å². The molecule has 2 aromatic carbocycles. The van der Waals surface area contributed by atoms with Crippen LogP contribution in [0.15, 0.2) is 59.6 Å².